The molecule has 2 aliphatic heterocycles. The van der Waals surface area contributed by atoms with Gasteiger partial charge in [0.25, 0.3) is 5.24 Å². The van der Waals surface area contributed by atoms with Crippen molar-refractivity contribution in [3.63, 3.8) is 0 Å². The molecule has 16 heavy (non-hydrogen) atoms. The molecule has 0 N–H and O–H groups in total. The van der Waals surface area contributed by atoms with Gasteiger partial charge in [-0.25, -0.2) is 0 Å². The second-order valence-electron chi connectivity index (χ2n) is 4.30. The summed E-state index contributed by atoms with van der Waals surface area (Å²) >= 11 is 5.46. The molecule has 2 amide bonds. The zero-order chi connectivity index (χ0) is 11.6. The fraction of sp³-hybridized carbons (Fsp3) is 0.800. The highest BCUT2D eigenvalue weighted by Crippen LogP contribution is 2.35. The quantitative estimate of drug-likeness (QED) is 0.780. The van der Waals surface area contributed by atoms with Crippen LogP contribution < -0.4 is 0 Å². The van der Waals surface area contributed by atoms with Gasteiger partial charge in [-0.2, -0.15) is 12.6 Å². The van der Waals surface area contributed by atoms with Crippen LogP contribution in [0.15, 0.2) is 0 Å². The number of nitrogens with zero attached hydrogens (tertiary/aromatic N) is 1. The van der Waals surface area contributed by atoms with Crippen molar-refractivity contribution in [1.29, 1.82) is 0 Å². The number of thiol groups is 1. The van der Waals surface area contributed by atoms with Gasteiger partial charge in [0.15, 0.2) is 0 Å². The van der Waals surface area contributed by atoms with Crippen LogP contribution in [0, 0.1) is 5.41 Å². The van der Waals surface area contributed by atoms with E-state index in [0.29, 0.717) is 25.5 Å². The lowest BCUT2D eigenvalue weighted by Gasteiger charge is -2.38. The molecule has 0 aromatic carbocycles. The van der Waals surface area contributed by atoms with Gasteiger partial charge < -0.3 is 4.74 Å². The molecule has 0 saturated carbocycles. The Labute approximate surface area is 104 Å². The molecule has 0 radical (unpaired) electrons. The molecular formula is C10H15NO3S2. The van der Waals surface area contributed by atoms with Crippen molar-refractivity contribution in [2.45, 2.75) is 12.8 Å². The van der Waals surface area contributed by atoms with Gasteiger partial charge in [0, 0.05) is 25.2 Å². The number of hydrogen-bond donors (Lipinski definition) is 1. The molecule has 0 aromatic heterocycles. The fourth-order valence-electron chi connectivity index (χ4n) is 2.04. The van der Waals surface area contributed by atoms with Crippen LogP contribution in [-0.4, -0.2) is 47.3 Å². The Morgan fingerprint density at radius 1 is 1.38 bits per heavy atom. The number of carbonyl (C=O) groups excluding carboxylic acids is 2. The predicted molar refractivity (Wildman–Crippen MR) is 65.9 cm³/mol. The van der Waals surface area contributed by atoms with Crippen LogP contribution in [0.5, 0.6) is 0 Å². The van der Waals surface area contributed by atoms with Crippen LogP contribution in [-0.2, 0) is 9.53 Å². The van der Waals surface area contributed by atoms with Crippen LogP contribution >= 0.6 is 24.4 Å². The van der Waals surface area contributed by atoms with Gasteiger partial charge in [-0.3, -0.25) is 14.5 Å². The second kappa shape index (κ2) is 4.98. The molecule has 0 aromatic rings. The summed E-state index contributed by atoms with van der Waals surface area (Å²) in [5.41, 5.74) is -0.0441. The lowest BCUT2D eigenvalue weighted by Crippen LogP contribution is -2.44. The number of hydrogen-bond acceptors (Lipinski definition) is 5. The van der Waals surface area contributed by atoms with E-state index in [1.165, 1.54) is 4.90 Å². The average Bonchev–Trinajstić information content (AvgIpc) is 2.62. The number of ether oxygens (including phenoxy) is 1. The van der Waals surface area contributed by atoms with Crippen LogP contribution in [0.2, 0.25) is 0 Å². The summed E-state index contributed by atoms with van der Waals surface area (Å²) in [7, 11) is 0. The third kappa shape index (κ3) is 2.38. The van der Waals surface area contributed by atoms with E-state index in [1.807, 2.05) is 0 Å². The molecule has 6 heteroatoms. The number of carbonyl (C=O) groups is 2. The van der Waals surface area contributed by atoms with Crippen molar-refractivity contribution in [2.75, 3.05) is 31.3 Å². The summed E-state index contributed by atoms with van der Waals surface area (Å²) in [5.74, 6) is 0.915. The maximum absolute atomic E-state index is 11.5. The van der Waals surface area contributed by atoms with Gasteiger partial charge in [-0.05, 0) is 18.6 Å². The Morgan fingerprint density at radius 2 is 2.06 bits per heavy atom. The van der Waals surface area contributed by atoms with Gasteiger partial charge >= 0.3 is 0 Å². The third-order valence-corrected chi connectivity index (χ3v) is 4.75. The SMILES string of the molecule is O=C1CSC(=O)N1CC1(CS)CCOCC1. The largest absolute Gasteiger partial charge is 0.381 e. The van der Waals surface area contributed by atoms with Gasteiger partial charge in [0.2, 0.25) is 5.91 Å². The van der Waals surface area contributed by atoms with Gasteiger partial charge in [-0.1, -0.05) is 11.8 Å². The molecule has 90 valence electrons. The van der Waals surface area contributed by atoms with Crippen molar-refractivity contribution < 1.29 is 14.3 Å². The standard InChI is InChI=1S/C10H15NO3S2/c12-8-5-16-9(13)11(8)6-10(7-15)1-3-14-4-2-10/h15H,1-7H2. The van der Waals surface area contributed by atoms with E-state index in [-0.39, 0.29) is 22.3 Å². The van der Waals surface area contributed by atoms with Gasteiger partial charge in [-0.15, -0.1) is 0 Å². The Bertz CT molecular complexity index is 286. The summed E-state index contributed by atoms with van der Waals surface area (Å²) in [4.78, 5) is 24.5. The molecule has 2 rings (SSSR count). The fourth-order valence-corrected chi connectivity index (χ4v) is 3.18. The van der Waals surface area contributed by atoms with E-state index < -0.39 is 0 Å². The van der Waals surface area contributed by atoms with Crippen molar-refractivity contribution >= 4 is 35.5 Å². The van der Waals surface area contributed by atoms with E-state index in [2.05, 4.69) is 12.6 Å². The van der Waals surface area contributed by atoms with E-state index in [1.54, 1.807) is 0 Å². The lowest BCUT2D eigenvalue weighted by molar-refractivity contribution is -0.126. The first kappa shape index (κ1) is 12.3. The maximum atomic E-state index is 11.5. The molecule has 2 fully saturated rings. The average molecular weight is 261 g/mol. The molecule has 0 unspecified atom stereocenters. The van der Waals surface area contributed by atoms with Crippen molar-refractivity contribution in [3.05, 3.63) is 0 Å². The first-order valence-electron chi connectivity index (χ1n) is 5.33. The summed E-state index contributed by atoms with van der Waals surface area (Å²) in [5, 5.41) is -0.113. The third-order valence-electron chi connectivity index (χ3n) is 3.22. The van der Waals surface area contributed by atoms with E-state index in [9.17, 15) is 9.59 Å². The lowest BCUT2D eigenvalue weighted by atomic mass is 9.81. The molecule has 0 atom stereocenters. The highest BCUT2D eigenvalue weighted by molar-refractivity contribution is 8.14. The van der Waals surface area contributed by atoms with E-state index >= 15 is 0 Å². The summed E-state index contributed by atoms with van der Waals surface area (Å²) in [6, 6.07) is 0. The van der Waals surface area contributed by atoms with Crippen LogP contribution in [0.25, 0.3) is 0 Å². The minimum Gasteiger partial charge on any atom is -0.381 e. The first-order chi connectivity index (χ1) is 7.67. The van der Waals surface area contributed by atoms with Crippen molar-refractivity contribution in [1.82, 2.24) is 4.90 Å². The minimum absolute atomic E-state index is 0.0441. The Morgan fingerprint density at radius 3 is 2.56 bits per heavy atom. The van der Waals surface area contributed by atoms with Crippen molar-refractivity contribution in [2.24, 2.45) is 5.41 Å². The van der Waals surface area contributed by atoms with Crippen molar-refractivity contribution in [3.8, 4) is 0 Å². The van der Waals surface area contributed by atoms with Crippen LogP contribution in [0.4, 0.5) is 4.79 Å². The number of rotatable bonds is 3. The molecule has 4 nitrogen and oxygen atoms in total. The second-order valence-corrected chi connectivity index (χ2v) is 5.55. The van der Waals surface area contributed by atoms with Gasteiger partial charge in [0.1, 0.15) is 0 Å². The predicted octanol–water partition coefficient (Wildman–Crippen LogP) is 1.41. The molecule has 2 saturated heterocycles. The van der Waals surface area contributed by atoms with E-state index in [4.69, 9.17) is 4.74 Å². The summed E-state index contributed by atoms with van der Waals surface area (Å²) in [6.45, 7) is 1.90. The first-order valence-corrected chi connectivity index (χ1v) is 6.94. The van der Waals surface area contributed by atoms with E-state index in [0.717, 1.165) is 24.6 Å². The van der Waals surface area contributed by atoms with Crippen LogP contribution in [0.1, 0.15) is 12.8 Å². The Hall–Kier alpha value is -0.200. The monoisotopic (exact) mass is 261 g/mol. The molecule has 2 heterocycles. The highest BCUT2D eigenvalue weighted by Gasteiger charge is 2.39. The molecule has 0 aliphatic carbocycles. The summed E-state index contributed by atoms with van der Waals surface area (Å²) < 4.78 is 5.32. The molecule has 0 spiro atoms. The zero-order valence-corrected chi connectivity index (χ0v) is 10.7. The number of thioether (sulfide) groups is 1. The molecule has 2 aliphatic rings. The Balaban J connectivity index is 2.05. The highest BCUT2D eigenvalue weighted by atomic mass is 32.2. The maximum Gasteiger partial charge on any atom is 0.288 e. The topological polar surface area (TPSA) is 46.6 Å². The minimum atomic E-state index is -0.113. The van der Waals surface area contributed by atoms with Crippen LogP contribution in [0.3, 0.4) is 0 Å². The Kier molecular flexibility index (Phi) is 3.81. The molecular weight excluding hydrogens is 246 g/mol. The smallest absolute Gasteiger partial charge is 0.288 e. The normalized spacial score (nSPS) is 25.2. The van der Waals surface area contributed by atoms with Gasteiger partial charge in [0.05, 0.1) is 5.75 Å². The number of imide groups is 1. The molecule has 0 bridgehead atoms. The summed E-state index contributed by atoms with van der Waals surface area (Å²) in [6.07, 6.45) is 1.75. The zero-order valence-electron chi connectivity index (χ0n) is 8.98. The number of amides is 2.